The predicted octanol–water partition coefficient (Wildman–Crippen LogP) is 3.70. The molecule has 0 aliphatic carbocycles. The normalized spacial score (nSPS) is 10.3. The molecule has 0 fully saturated rings. The summed E-state index contributed by atoms with van der Waals surface area (Å²) in [4.78, 5) is 36.3. The molecule has 0 aliphatic rings. The largest absolute Gasteiger partial charge is 0.340 e. The number of amides is 2. The van der Waals surface area contributed by atoms with Crippen molar-refractivity contribution in [1.29, 1.82) is 0 Å². The van der Waals surface area contributed by atoms with Crippen LogP contribution in [0.5, 0.6) is 0 Å². The topological polar surface area (TPSA) is 109 Å². The first-order chi connectivity index (χ1) is 13.9. The second kappa shape index (κ2) is 8.92. The average molecular weight is 390 g/mol. The Bertz CT molecular complexity index is 1050. The molecule has 29 heavy (non-hydrogen) atoms. The summed E-state index contributed by atoms with van der Waals surface area (Å²) in [6, 6.07) is 10.7. The first kappa shape index (κ1) is 19.9. The van der Waals surface area contributed by atoms with E-state index in [1.807, 2.05) is 38.1 Å². The standard InChI is InChI=1S/C21H22N6O2/c1-4-15-5-6-17(26-19-9-13(2)23-12-24-19)11-18(15)27-21(29)16-7-8-22-20(10-16)25-14(3)28/h5-12H,4H2,1-3H3,(H,27,29)(H,22,25,28)(H,23,24,26). The van der Waals surface area contributed by atoms with Gasteiger partial charge in [0.05, 0.1) is 0 Å². The molecule has 0 unspecified atom stereocenters. The molecule has 2 aromatic heterocycles. The minimum absolute atomic E-state index is 0.248. The van der Waals surface area contributed by atoms with Crippen LogP contribution in [0.4, 0.5) is 23.0 Å². The molecule has 8 nitrogen and oxygen atoms in total. The number of carbonyl (C=O) groups is 2. The van der Waals surface area contributed by atoms with Crippen molar-refractivity contribution in [3.63, 3.8) is 0 Å². The van der Waals surface area contributed by atoms with Gasteiger partial charge in [-0.15, -0.1) is 0 Å². The third-order valence-corrected chi connectivity index (χ3v) is 4.14. The molecule has 1 aromatic carbocycles. The van der Waals surface area contributed by atoms with Crippen molar-refractivity contribution >= 4 is 34.8 Å². The highest BCUT2D eigenvalue weighted by Gasteiger charge is 2.11. The highest BCUT2D eigenvalue weighted by molar-refractivity contribution is 6.05. The van der Waals surface area contributed by atoms with E-state index in [0.717, 1.165) is 23.4 Å². The van der Waals surface area contributed by atoms with Crippen LogP contribution in [-0.2, 0) is 11.2 Å². The summed E-state index contributed by atoms with van der Waals surface area (Å²) >= 11 is 0. The van der Waals surface area contributed by atoms with E-state index in [0.29, 0.717) is 22.9 Å². The molecule has 2 heterocycles. The molecule has 0 bridgehead atoms. The SMILES string of the molecule is CCc1ccc(Nc2cc(C)ncn2)cc1NC(=O)c1ccnc(NC(C)=O)c1. The van der Waals surface area contributed by atoms with Gasteiger partial charge < -0.3 is 16.0 Å². The van der Waals surface area contributed by atoms with Crippen LogP contribution >= 0.6 is 0 Å². The zero-order valence-electron chi connectivity index (χ0n) is 16.5. The Morgan fingerprint density at radius 3 is 2.52 bits per heavy atom. The number of rotatable bonds is 6. The lowest BCUT2D eigenvalue weighted by Crippen LogP contribution is -2.15. The molecule has 3 aromatic rings. The minimum atomic E-state index is -0.288. The highest BCUT2D eigenvalue weighted by Crippen LogP contribution is 2.24. The number of nitrogens with zero attached hydrogens (tertiary/aromatic N) is 3. The van der Waals surface area contributed by atoms with E-state index in [9.17, 15) is 9.59 Å². The van der Waals surface area contributed by atoms with E-state index in [2.05, 4.69) is 30.9 Å². The lowest BCUT2D eigenvalue weighted by atomic mass is 10.1. The van der Waals surface area contributed by atoms with Gasteiger partial charge in [-0.05, 0) is 43.2 Å². The molecule has 0 aliphatic heterocycles. The number of hydrogen-bond acceptors (Lipinski definition) is 6. The monoisotopic (exact) mass is 390 g/mol. The van der Waals surface area contributed by atoms with E-state index in [1.54, 1.807) is 6.07 Å². The smallest absolute Gasteiger partial charge is 0.255 e. The van der Waals surface area contributed by atoms with Crippen molar-refractivity contribution in [1.82, 2.24) is 15.0 Å². The first-order valence-corrected chi connectivity index (χ1v) is 9.18. The first-order valence-electron chi connectivity index (χ1n) is 9.18. The van der Waals surface area contributed by atoms with Crippen LogP contribution in [0.3, 0.4) is 0 Å². The van der Waals surface area contributed by atoms with Crippen LogP contribution in [0.2, 0.25) is 0 Å². The Labute approximate surface area is 168 Å². The van der Waals surface area contributed by atoms with Gasteiger partial charge in [0.25, 0.3) is 5.91 Å². The number of benzene rings is 1. The van der Waals surface area contributed by atoms with Crippen LogP contribution in [0, 0.1) is 6.92 Å². The van der Waals surface area contributed by atoms with Crippen molar-refractivity contribution in [2.24, 2.45) is 0 Å². The Morgan fingerprint density at radius 1 is 0.966 bits per heavy atom. The molecular formula is C21H22N6O2. The van der Waals surface area contributed by atoms with Gasteiger partial charge in [0, 0.05) is 41.8 Å². The number of anilines is 4. The molecule has 0 saturated carbocycles. The summed E-state index contributed by atoms with van der Waals surface area (Å²) in [6.07, 6.45) is 3.74. The average Bonchev–Trinajstić information content (AvgIpc) is 2.68. The van der Waals surface area contributed by atoms with E-state index >= 15 is 0 Å². The quantitative estimate of drug-likeness (QED) is 0.592. The van der Waals surface area contributed by atoms with Crippen molar-refractivity contribution in [2.45, 2.75) is 27.2 Å². The van der Waals surface area contributed by atoms with Gasteiger partial charge in [0.15, 0.2) is 0 Å². The van der Waals surface area contributed by atoms with Crippen molar-refractivity contribution in [3.8, 4) is 0 Å². The number of aromatic nitrogens is 3. The number of pyridine rings is 1. The Balaban J connectivity index is 1.82. The van der Waals surface area contributed by atoms with Crippen molar-refractivity contribution in [3.05, 3.63) is 65.7 Å². The molecule has 8 heteroatoms. The van der Waals surface area contributed by atoms with Gasteiger partial charge in [-0.25, -0.2) is 15.0 Å². The zero-order chi connectivity index (χ0) is 20.8. The van der Waals surface area contributed by atoms with Crippen molar-refractivity contribution in [2.75, 3.05) is 16.0 Å². The zero-order valence-corrected chi connectivity index (χ0v) is 16.5. The number of nitrogens with one attached hydrogen (secondary N) is 3. The maximum absolute atomic E-state index is 12.7. The third-order valence-electron chi connectivity index (χ3n) is 4.14. The lowest BCUT2D eigenvalue weighted by Gasteiger charge is -2.13. The molecule has 148 valence electrons. The maximum atomic E-state index is 12.7. The van der Waals surface area contributed by atoms with E-state index in [-0.39, 0.29) is 11.8 Å². The molecule has 0 spiro atoms. The van der Waals surface area contributed by atoms with E-state index in [1.165, 1.54) is 25.5 Å². The summed E-state index contributed by atoms with van der Waals surface area (Å²) in [5, 5.41) is 8.74. The molecule has 3 N–H and O–H groups in total. The lowest BCUT2D eigenvalue weighted by molar-refractivity contribution is -0.114. The van der Waals surface area contributed by atoms with Gasteiger partial charge in [-0.1, -0.05) is 13.0 Å². The molecular weight excluding hydrogens is 368 g/mol. The Hall–Kier alpha value is -3.81. The predicted molar refractivity (Wildman–Crippen MR) is 112 cm³/mol. The van der Waals surface area contributed by atoms with Gasteiger partial charge in [0.2, 0.25) is 5.91 Å². The van der Waals surface area contributed by atoms with Gasteiger partial charge in [0.1, 0.15) is 18.0 Å². The summed E-state index contributed by atoms with van der Waals surface area (Å²) in [6.45, 7) is 5.30. The van der Waals surface area contributed by atoms with Crippen LogP contribution in [0.25, 0.3) is 0 Å². The fourth-order valence-corrected chi connectivity index (χ4v) is 2.76. The van der Waals surface area contributed by atoms with Gasteiger partial charge in [-0.3, -0.25) is 9.59 Å². The fourth-order valence-electron chi connectivity index (χ4n) is 2.76. The van der Waals surface area contributed by atoms with Crippen LogP contribution in [0.1, 0.15) is 35.5 Å². The third kappa shape index (κ3) is 5.35. The van der Waals surface area contributed by atoms with Crippen molar-refractivity contribution < 1.29 is 9.59 Å². The molecule has 0 atom stereocenters. The maximum Gasteiger partial charge on any atom is 0.255 e. The number of aryl methyl sites for hydroxylation is 2. The highest BCUT2D eigenvalue weighted by atomic mass is 16.2. The summed E-state index contributed by atoms with van der Waals surface area (Å²) in [5.74, 6) is 0.467. The second-order valence-electron chi connectivity index (χ2n) is 6.46. The van der Waals surface area contributed by atoms with E-state index in [4.69, 9.17) is 0 Å². The fraction of sp³-hybridized carbons (Fsp3) is 0.190. The molecule has 2 amide bonds. The molecule has 0 saturated heterocycles. The van der Waals surface area contributed by atoms with E-state index < -0.39 is 0 Å². The summed E-state index contributed by atoms with van der Waals surface area (Å²) in [5.41, 5.74) is 3.75. The minimum Gasteiger partial charge on any atom is -0.340 e. The number of hydrogen-bond donors (Lipinski definition) is 3. The van der Waals surface area contributed by atoms with Crippen LogP contribution < -0.4 is 16.0 Å². The Morgan fingerprint density at radius 2 is 1.79 bits per heavy atom. The van der Waals surface area contributed by atoms with Gasteiger partial charge in [-0.2, -0.15) is 0 Å². The van der Waals surface area contributed by atoms with Crippen LogP contribution in [0.15, 0.2) is 48.9 Å². The number of carbonyl (C=O) groups excluding carboxylic acids is 2. The molecule has 0 radical (unpaired) electrons. The Kier molecular flexibility index (Phi) is 6.13. The van der Waals surface area contributed by atoms with Crippen LogP contribution in [-0.4, -0.2) is 26.8 Å². The summed E-state index contributed by atoms with van der Waals surface area (Å²) in [7, 11) is 0. The van der Waals surface area contributed by atoms with Gasteiger partial charge >= 0.3 is 0 Å². The second-order valence-corrected chi connectivity index (χ2v) is 6.46. The molecule has 3 rings (SSSR count). The summed E-state index contributed by atoms with van der Waals surface area (Å²) < 4.78 is 0.